The fourth-order valence-electron chi connectivity index (χ4n) is 2.20. The standard InChI is InChI=1S/C15H13ClN4O2/c1-22-13-5-4-9(7-11(13)16)19-14-10(15(17)21)8-18-20-6-2-3-12(14)20/h2-8,19H,1H3,(H2,17,21). The second kappa shape index (κ2) is 5.57. The van der Waals surface area contributed by atoms with Crippen LogP contribution in [0.1, 0.15) is 10.4 Å². The normalized spacial score (nSPS) is 10.6. The van der Waals surface area contributed by atoms with E-state index in [-0.39, 0.29) is 0 Å². The lowest BCUT2D eigenvalue weighted by Gasteiger charge is -2.13. The van der Waals surface area contributed by atoms with Gasteiger partial charge >= 0.3 is 0 Å². The molecule has 3 aromatic rings. The van der Waals surface area contributed by atoms with Gasteiger partial charge < -0.3 is 15.8 Å². The quantitative estimate of drug-likeness (QED) is 0.775. The first kappa shape index (κ1) is 14.2. The summed E-state index contributed by atoms with van der Waals surface area (Å²) in [6, 6.07) is 8.93. The fourth-order valence-corrected chi connectivity index (χ4v) is 2.46. The van der Waals surface area contributed by atoms with E-state index < -0.39 is 5.91 Å². The second-order valence-electron chi connectivity index (χ2n) is 4.61. The zero-order valence-electron chi connectivity index (χ0n) is 11.7. The number of carbonyl (C=O) groups excluding carboxylic acids is 1. The van der Waals surface area contributed by atoms with Crippen molar-refractivity contribution in [1.29, 1.82) is 0 Å². The van der Waals surface area contributed by atoms with Gasteiger partial charge in [0.2, 0.25) is 0 Å². The summed E-state index contributed by atoms with van der Waals surface area (Å²) in [6.45, 7) is 0. The lowest BCUT2D eigenvalue weighted by Crippen LogP contribution is -2.15. The van der Waals surface area contributed by atoms with Gasteiger partial charge in [-0.25, -0.2) is 4.52 Å². The van der Waals surface area contributed by atoms with Gasteiger partial charge in [-0.15, -0.1) is 0 Å². The summed E-state index contributed by atoms with van der Waals surface area (Å²) >= 11 is 6.12. The summed E-state index contributed by atoms with van der Waals surface area (Å²) in [6.07, 6.45) is 3.22. The monoisotopic (exact) mass is 316 g/mol. The SMILES string of the molecule is COc1ccc(Nc2c(C(N)=O)cnn3cccc23)cc1Cl. The lowest BCUT2D eigenvalue weighted by atomic mass is 10.2. The molecule has 7 heteroatoms. The Morgan fingerprint density at radius 1 is 1.41 bits per heavy atom. The Labute approximate surface area is 131 Å². The van der Waals surface area contributed by atoms with Crippen LogP contribution in [-0.4, -0.2) is 22.6 Å². The zero-order chi connectivity index (χ0) is 15.7. The Morgan fingerprint density at radius 3 is 2.91 bits per heavy atom. The Morgan fingerprint density at radius 2 is 2.23 bits per heavy atom. The van der Waals surface area contributed by atoms with Gasteiger partial charge in [-0.05, 0) is 30.3 Å². The highest BCUT2D eigenvalue weighted by Gasteiger charge is 2.14. The van der Waals surface area contributed by atoms with Crippen molar-refractivity contribution in [3.05, 3.63) is 53.3 Å². The van der Waals surface area contributed by atoms with Gasteiger partial charge in [-0.3, -0.25) is 4.79 Å². The van der Waals surface area contributed by atoms with E-state index in [1.165, 1.54) is 6.20 Å². The molecule has 22 heavy (non-hydrogen) atoms. The van der Waals surface area contributed by atoms with E-state index in [4.69, 9.17) is 22.1 Å². The molecule has 0 spiro atoms. The molecular weight excluding hydrogens is 304 g/mol. The van der Waals surface area contributed by atoms with E-state index in [1.807, 2.05) is 12.1 Å². The number of halogens is 1. The summed E-state index contributed by atoms with van der Waals surface area (Å²) in [4.78, 5) is 11.6. The number of methoxy groups -OCH3 is 1. The van der Waals surface area contributed by atoms with Gasteiger partial charge in [-0.2, -0.15) is 5.10 Å². The molecular formula is C15H13ClN4O2. The number of aromatic nitrogens is 2. The number of rotatable bonds is 4. The maximum absolute atomic E-state index is 11.6. The first-order chi connectivity index (χ1) is 10.6. The summed E-state index contributed by atoms with van der Waals surface area (Å²) in [7, 11) is 1.55. The van der Waals surface area contributed by atoms with Crippen molar-refractivity contribution in [2.75, 3.05) is 12.4 Å². The van der Waals surface area contributed by atoms with E-state index in [2.05, 4.69) is 10.4 Å². The molecule has 0 fully saturated rings. The average Bonchev–Trinajstić information content (AvgIpc) is 2.96. The average molecular weight is 317 g/mol. The summed E-state index contributed by atoms with van der Waals surface area (Å²) in [5.74, 6) is 0.0169. The maximum atomic E-state index is 11.6. The molecule has 0 aliphatic rings. The third-order valence-electron chi connectivity index (χ3n) is 3.25. The van der Waals surface area contributed by atoms with Crippen molar-refractivity contribution in [3.8, 4) is 5.75 Å². The predicted octanol–water partition coefficient (Wildman–Crippen LogP) is 2.84. The molecule has 3 rings (SSSR count). The van der Waals surface area contributed by atoms with Crippen LogP contribution in [0.5, 0.6) is 5.75 Å². The molecule has 0 radical (unpaired) electrons. The van der Waals surface area contributed by atoms with Crippen molar-refractivity contribution in [1.82, 2.24) is 9.61 Å². The molecule has 2 aromatic heterocycles. The van der Waals surface area contributed by atoms with E-state index in [0.717, 1.165) is 5.52 Å². The molecule has 0 saturated heterocycles. The Kier molecular flexibility index (Phi) is 3.60. The molecule has 3 N–H and O–H groups in total. The molecule has 2 heterocycles. The number of fused-ring (bicyclic) bond motifs is 1. The van der Waals surface area contributed by atoms with Crippen LogP contribution in [0.25, 0.3) is 5.52 Å². The second-order valence-corrected chi connectivity index (χ2v) is 5.02. The highest BCUT2D eigenvalue weighted by Crippen LogP contribution is 2.31. The van der Waals surface area contributed by atoms with Crippen LogP contribution in [-0.2, 0) is 0 Å². The first-order valence-electron chi connectivity index (χ1n) is 6.47. The molecule has 0 bridgehead atoms. The lowest BCUT2D eigenvalue weighted by molar-refractivity contribution is 0.100. The van der Waals surface area contributed by atoms with Crippen molar-refractivity contribution < 1.29 is 9.53 Å². The van der Waals surface area contributed by atoms with E-state index in [9.17, 15) is 4.79 Å². The predicted molar refractivity (Wildman–Crippen MR) is 85.0 cm³/mol. The van der Waals surface area contributed by atoms with Crippen LogP contribution in [0.15, 0.2) is 42.7 Å². The minimum Gasteiger partial charge on any atom is -0.495 e. The topological polar surface area (TPSA) is 81.6 Å². The maximum Gasteiger partial charge on any atom is 0.252 e. The number of amides is 1. The number of primary amides is 1. The third-order valence-corrected chi connectivity index (χ3v) is 3.55. The number of carbonyl (C=O) groups is 1. The minimum absolute atomic E-state index is 0.304. The van der Waals surface area contributed by atoms with Gasteiger partial charge in [-0.1, -0.05) is 11.6 Å². The van der Waals surface area contributed by atoms with Crippen LogP contribution in [0, 0.1) is 0 Å². The molecule has 0 aliphatic heterocycles. The number of nitrogens with one attached hydrogen (secondary N) is 1. The van der Waals surface area contributed by atoms with Gasteiger partial charge in [0.15, 0.2) is 0 Å². The Bertz CT molecular complexity index is 860. The minimum atomic E-state index is -0.557. The van der Waals surface area contributed by atoms with Crippen molar-refractivity contribution in [2.24, 2.45) is 5.73 Å². The number of anilines is 2. The first-order valence-corrected chi connectivity index (χ1v) is 6.84. The van der Waals surface area contributed by atoms with Crippen LogP contribution >= 0.6 is 11.6 Å². The van der Waals surface area contributed by atoms with E-state index in [0.29, 0.717) is 27.7 Å². The molecule has 0 aliphatic carbocycles. The fraction of sp³-hybridized carbons (Fsp3) is 0.0667. The zero-order valence-corrected chi connectivity index (χ0v) is 12.5. The van der Waals surface area contributed by atoms with Crippen molar-refractivity contribution >= 4 is 34.4 Å². The van der Waals surface area contributed by atoms with Gasteiger partial charge in [0.1, 0.15) is 5.75 Å². The van der Waals surface area contributed by atoms with Crippen LogP contribution in [0.3, 0.4) is 0 Å². The van der Waals surface area contributed by atoms with Gasteiger partial charge in [0.25, 0.3) is 5.91 Å². The molecule has 112 valence electrons. The molecule has 1 amide bonds. The molecule has 0 unspecified atom stereocenters. The van der Waals surface area contributed by atoms with E-state index in [1.54, 1.807) is 36.0 Å². The summed E-state index contributed by atoms with van der Waals surface area (Å²) < 4.78 is 6.77. The number of ether oxygens (including phenoxy) is 1. The summed E-state index contributed by atoms with van der Waals surface area (Å²) in [5, 5.41) is 7.78. The molecule has 0 atom stereocenters. The largest absolute Gasteiger partial charge is 0.495 e. The number of benzene rings is 1. The van der Waals surface area contributed by atoms with Crippen molar-refractivity contribution in [3.63, 3.8) is 0 Å². The van der Waals surface area contributed by atoms with Crippen LogP contribution in [0.2, 0.25) is 5.02 Å². The number of nitrogens with two attached hydrogens (primary N) is 1. The molecule has 0 saturated carbocycles. The third kappa shape index (κ3) is 2.44. The Hall–Kier alpha value is -2.73. The van der Waals surface area contributed by atoms with E-state index >= 15 is 0 Å². The number of nitrogens with zero attached hydrogens (tertiary/aromatic N) is 2. The van der Waals surface area contributed by atoms with Crippen molar-refractivity contribution in [2.45, 2.75) is 0 Å². The van der Waals surface area contributed by atoms with Gasteiger partial charge in [0.05, 0.1) is 35.1 Å². The highest BCUT2D eigenvalue weighted by molar-refractivity contribution is 6.32. The number of hydrogen-bond acceptors (Lipinski definition) is 4. The Balaban J connectivity index is 2.09. The number of hydrogen-bond donors (Lipinski definition) is 2. The molecule has 6 nitrogen and oxygen atoms in total. The molecule has 1 aromatic carbocycles. The van der Waals surface area contributed by atoms with Gasteiger partial charge in [0, 0.05) is 11.9 Å². The van der Waals surface area contributed by atoms with Crippen LogP contribution < -0.4 is 15.8 Å². The van der Waals surface area contributed by atoms with Crippen LogP contribution in [0.4, 0.5) is 11.4 Å². The summed E-state index contributed by atoms with van der Waals surface area (Å²) in [5.41, 5.74) is 7.76. The smallest absolute Gasteiger partial charge is 0.252 e. The highest BCUT2D eigenvalue weighted by atomic mass is 35.5.